The summed E-state index contributed by atoms with van der Waals surface area (Å²) in [5.74, 6) is -0.479. The van der Waals surface area contributed by atoms with Gasteiger partial charge in [0.2, 0.25) is 11.7 Å². The number of rotatable bonds is 8. The van der Waals surface area contributed by atoms with Crippen LogP contribution in [0.25, 0.3) is 0 Å². The Hall–Kier alpha value is -2.57. The highest BCUT2D eigenvalue weighted by atomic mass is 16.5. The average molecular weight is 361 g/mol. The smallest absolute Gasteiger partial charge is 0.287 e. The Bertz CT molecular complexity index is 639. The van der Waals surface area contributed by atoms with E-state index in [9.17, 15) is 14.4 Å². The first-order valence-electron chi connectivity index (χ1n) is 9.03. The van der Waals surface area contributed by atoms with Crippen molar-refractivity contribution in [3.63, 3.8) is 0 Å². The lowest BCUT2D eigenvalue weighted by atomic mass is 10.2. The van der Waals surface area contributed by atoms with Gasteiger partial charge in [-0.3, -0.25) is 14.4 Å². The monoisotopic (exact) mass is 361 g/mol. The van der Waals surface area contributed by atoms with Crippen LogP contribution in [-0.2, 0) is 14.4 Å². The summed E-state index contributed by atoms with van der Waals surface area (Å²) in [6, 6.07) is 7.83. The molecule has 1 heterocycles. The molecule has 0 aromatic heterocycles. The number of anilines is 1. The van der Waals surface area contributed by atoms with Gasteiger partial charge in [-0.1, -0.05) is 19.4 Å². The summed E-state index contributed by atoms with van der Waals surface area (Å²) in [5, 5.41) is 2.44. The van der Waals surface area contributed by atoms with Crippen molar-refractivity contribution in [1.29, 1.82) is 0 Å². The molecule has 0 aliphatic carbocycles. The van der Waals surface area contributed by atoms with Crippen LogP contribution in [0.1, 0.15) is 26.2 Å². The largest absolute Gasteiger partial charge is 0.497 e. The maximum atomic E-state index is 12.2. The Labute approximate surface area is 154 Å². The summed E-state index contributed by atoms with van der Waals surface area (Å²) in [5.41, 5.74) is 1.06. The zero-order chi connectivity index (χ0) is 18.9. The van der Waals surface area contributed by atoms with Gasteiger partial charge in [0, 0.05) is 44.4 Å². The predicted octanol–water partition coefficient (Wildman–Crippen LogP) is 1.22. The van der Waals surface area contributed by atoms with Gasteiger partial charge in [0.25, 0.3) is 5.91 Å². The Morgan fingerprint density at radius 2 is 1.88 bits per heavy atom. The summed E-state index contributed by atoms with van der Waals surface area (Å²) in [6.07, 6.45) is 1.78. The third-order valence-corrected chi connectivity index (χ3v) is 4.46. The number of methoxy groups -OCH3 is 1. The minimum Gasteiger partial charge on any atom is -0.497 e. The van der Waals surface area contributed by atoms with Crippen LogP contribution in [0.3, 0.4) is 0 Å². The summed E-state index contributed by atoms with van der Waals surface area (Å²) in [6.45, 7) is 4.41. The normalized spacial score (nSPS) is 14.1. The third-order valence-electron chi connectivity index (χ3n) is 4.46. The fourth-order valence-corrected chi connectivity index (χ4v) is 2.84. The highest BCUT2D eigenvalue weighted by molar-refractivity contribution is 6.36. The molecule has 0 saturated carbocycles. The van der Waals surface area contributed by atoms with Crippen molar-refractivity contribution in [2.75, 3.05) is 44.7 Å². The number of carbonyl (C=O) groups excluding carboxylic acids is 3. The van der Waals surface area contributed by atoms with Crippen molar-refractivity contribution >= 4 is 23.3 Å². The zero-order valence-corrected chi connectivity index (χ0v) is 15.5. The molecule has 0 unspecified atom stereocenters. The number of nitrogens with zero attached hydrogens (tertiary/aromatic N) is 2. The summed E-state index contributed by atoms with van der Waals surface area (Å²) >= 11 is 0. The van der Waals surface area contributed by atoms with Gasteiger partial charge >= 0.3 is 0 Å². The van der Waals surface area contributed by atoms with E-state index in [0.717, 1.165) is 17.9 Å². The number of unbranched alkanes of at least 4 members (excludes halogenated alkanes) is 1. The first kappa shape index (κ1) is 19.8. The summed E-state index contributed by atoms with van der Waals surface area (Å²) in [7, 11) is 1.64. The number of benzene rings is 1. The highest BCUT2D eigenvalue weighted by Crippen LogP contribution is 2.22. The molecule has 2 rings (SSSR count). The third kappa shape index (κ3) is 5.47. The van der Waals surface area contributed by atoms with Gasteiger partial charge in [-0.25, -0.2) is 0 Å². The molecule has 1 saturated heterocycles. The number of hydrogen-bond donors (Lipinski definition) is 1. The number of ketones is 1. The first-order chi connectivity index (χ1) is 12.5. The molecule has 0 spiro atoms. The minimum absolute atomic E-state index is 0.129. The molecule has 1 aromatic carbocycles. The number of piperazine rings is 1. The predicted molar refractivity (Wildman–Crippen MR) is 99.3 cm³/mol. The van der Waals surface area contributed by atoms with E-state index in [4.69, 9.17) is 4.74 Å². The fourth-order valence-electron chi connectivity index (χ4n) is 2.84. The molecule has 0 atom stereocenters. The second-order valence-corrected chi connectivity index (χ2v) is 6.28. The van der Waals surface area contributed by atoms with Crippen molar-refractivity contribution in [1.82, 2.24) is 10.2 Å². The van der Waals surface area contributed by atoms with Crippen LogP contribution in [0.5, 0.6) is 5.75 Å². The Morgan fingerprint density at radius 1 is 1.15 bits per heavy atom. The van der Waals surface area contributed by atoms with Crippen molar-refractivity contribution in [3.8, 4) is 5.75 Å². The molecular formula is C19H27N3O4. The van der Waals surface area contributed by atoms with Gasteiger partial charge in [-0.05, 0) is 18.6 Å². The Kier molecular flexibility index (Phi) is 7.44. The van der Waals surface area contributed by atoms with E-state index in [1.165, 1.54) is 0 Å². The van der Waals surface area contributed by atoms with E-state index in [0.29, 0.717) is 32.6 Å². The number of hydrogen-bond acceptors (Lipinski definition) is 5. The number of amides is 2. The SMILES string of the molecule is CCCCC(=O)C(=O)NCC(=O)N1CCN(c2cccc(OC)c2)CC1. The minimum atomic E-state index is -0.665. The van der Waals surface area contributed by atoms with Gasteiger partial charge in [0.05, 0.1) is 13.7 Å². The molecule has 1 aliphatic heterocycles. The van der Waals surface area contributed by atoms with Crippen LogP contribution >= 0.6 is 0 Å². The molecular weight excluding hydrogens is 334 g/mol. The van der Waals surface area contributed by atoms with Crippen LogP contribution < -0.4 is 15.0 Å². The van der Waals surface area contributed by atoms with E-state index in [1.807, 2.05) is 31.2 Å². The molecule has 0 radical (unpaired) electrons. The lowest BCUT2D eigenvalue weighted by Gasteiger charge is -2.36. The molecule has 0 bridgehead atoms. The maximum Gasteiger partial charge on any atom is 0.287 e. The quantitative estimate of drug-likeness (QED) is 0.705. The number of Topliss-reactive ketones (excluding diaryl/α,β-unsaturated/α-hetero) is 1. The van der Waals surface area contributed by atoms with Crippen LogP contribution in [0, 0.1) is 0 Å². The fraction of sp³-hybridized carbons (Fsp3) is 0.526. The molecule has 7 heteroatoms. The van der Waals surface area contributed by atoms with Crippen molar-refractivity contribution in [3.05, 3.63) is 24.3 Å². The standard InChI is InChI=1S/C19H27N3O4/c1-3-4-8-17(23)19(25)20-14-18(24)22-11-9-21(10-12-22)15-6-5-7-16(13-15)26-2/h5-7,13H,3-4,8-12,14H2,1-2H3,(H,20,25). The summed E-state index contributed by atoms with van der Waals surface area (Å²) < 4.78 is 5.24. The topological polar surface area (TPSA) is 79.0 Å². The van der Waals surface area contributed by atoms with Gasteiger partial charge in [-0.2, -0.15) is 0 Å². The molecule has 1 aliphatic rings. The Balaban J connectivity index is 1.77. The second kappa shape index (κ2) is 9.79. The van der Waals surface area contributed by atoms with Gasteiger partial charge < -0.3 is 19.9 Å². The van der Waals surface area contributed by atoms with Gasteiger partial charge in [-0.15, -0.1) is 0 Å². The number of carbonyl (C=O) groups is 3. The Morgan fingerprint density at radius 3 is 2.54 bits per heavy atom. The van der Waals surface area contributed by atoms with Crippen LogP contribution in [0.4, 0.5) is 5.69 Å². The molecule has 1 fully saturated rings. The molecule has 2 amide bonds. The van der Waals surface area contributed by atoms with E-state index >= 15 is 0 Å². The molecule has 7 nitrogen and oxygen atoms in total. The van der Waals surface area contributed by atoms with Crippen molar-refractivity contribution < 1.29 is 19.1 Å². The molecule has 1 N–H and O–H groups in total. The van der Waals surface area contributed by atoms with E-state index in [2.05, 4.69) is 10.2 Å². The van der Waals surface area contributed by atoms with Crippen LogP contribution in [-0.4, -0.2) is 62.3 Å². The number of nitrogens with one attached hydrogen (secondary N) is 1. The molecule has 1 aromatic rings. The average Bonchev–Trinajstić information content (AvgIpc) is 2.70. The van der Waals surface area contributed by atoms with Crippen molar-refractivity contribution in [2.45, 2.75) is 26.2 Å². The van der Waals surface area contributed by atoms with E-state index in [1.54, 1.807) is 12.0 Å². The van der Waals surface area contributed by atoms with Gasteiger partial charge in [0.1, 0.15) is 5.75 Å². The highest BCUT2D eigenvalue weighted by Gasteiger charge is 2.22. The lowest BCUT2D eigenvalue weighted by molar-refractivity contribution is -0.139. The van der Waals surface area contributed by atoms with Crippen LogP contribution in [0.15, 0.2) is 24.3 Å². The first-order valence-corrected chi connectivity index (χ1v) is 9.03. The van der Waals surface area contributed by atoms with E-state index < -0.39 is 11.7 Å². The second-order valence-electron chi connectivity index (χ2n) is 6.28. The summed E-state index contributed by atoms with van der Waals surface area (Å²) in [4.78, 5) is 39.4. The lowest BCUT2D eigenvalue weighted by Crippen LogP contribution is -2.51. The van der Waals surface area contributed by atoms with Crippen LogP contribution in [0.2, 0.25) is 0 Å². The van der Waals surface area contributed by atoms with Crippen molar-refractivity contribution in [2.24, 2.45) is 0 Å². The molecule has 142 valence electrons. The number of ether oxygens (including phenoxy) is 1. The molecule has 26 heavy (non-hydrogen) atoms. The zero-order valence-electron chi connectivity index (χ0n) is 15.5. The van der Waals surface area contributed by atoms with E-state index in [-0.39, 0.29) is 18.9 Å². The maximum absolute atomic E-state index is 12.2. The van der Waals surface area contributed by atoms with Gasteiger partial charge in [0.15, 0.2) is 0 Å².